The van der Waals surface area contributed by atoms with Crippen LogP contribution in [-0.4, -0.2) is 36.6 Å². The Labute approximate surface area is 135 Å². The van der Waals surface area contributed by atoms with Crippen molar-refractivity contribution in [3.8, 4) is 0 Å². The third-order valence-corrected chi connectivity index (χ3v) is 5.17. The van der Waals surface area contributed by atoms with E-state index >= 15 is 0 Å². The summed E-state index contributed by atoms with van der Waals surface area (Å²) in [5.74, 6) is 0.0591. The molecule has 124 valence electrons. The highest BCUT2D eigenvalue weighted by atomic mass is 16.6. The van der Waals surface area contributed by atoms with Gasteiger partial charge >= 0.3 is 5.97 Å². The Morgan fingerprint density at radius 1 is 1.17 bits per heavy atom. The molecule has 6 nitrogen and oxygen atoms in total. The van der Waals surface area contributed by atoms with Gasteiger partial charge in [-0.15, -0.1) is 0 Å². The van der Waals surface area contributed by atoms with Crippen molar-refractivity contribution < 1.29 is 19.4 Å². The molecule has 3 atom stereocenters. The van der Waals surface area contributed by atoms with Crippen LogP contribution < -0.4 is 4.90 Å². The van der Waals surface area contributed by atoms with Gasteiger partial charge < -0.3 is 9.64 Å². The lowest BCUT2D eigenvalue weighted by molar-refractivity contribution is -0.940. The molecule has 1 N–H and O–H groups in total. The van der Waals surface area contributed by atoms with Gasteiger partial charge in [0.25, 0.3) is 5.69 Å². The minimum atomic E-state index is -0.475. The fourth-order valence-corrected chi connectivity index (χ4v) is 3.96. The molecule has 0 amide bonds. The predicted octanol–water partition coefficient (Wildman–Crippen LogP) is 1.60. The summed E-state index contributed by atoms with van der Waals surface area (Å²) in [5.41, 5.74) is 0.356. The fraction of sp³-hybridized carbons (Fsp3) is 0.588. The van der Waals surface area contributed by atoms with Crippen LogP contribution >= 0.6 is 0 Å². The molecule has 1 aromatic carbocycles. The van der Waals surface area contributed by atoms with E-state index in [1.807, 2.05) is 0 Å². The number of hydrogen-bond donors (Lipinski definition) is 1. The first kappa shape index (κ1) is 15.9. The maximum absolute atomic E-state index is 12.1. The van der Waals surface area contributed by atoms with Gasteiger partial charge in [-0.3, -0.25) is 10.1 Å². The van der Waals surface area contributed by atoms with E-state index in [4.69, 9.17) is 4.74 Å². The van der Waals surface area contributed by atoms with Crippen molar-refractivity contribution in [1.29, 1.82) is 0 Å². The van der Waals surface area contributed by atoms with Crippen molar-refractivity contribution in [3.63, 3.8) is 0 Å². The third-order valence-electron chi connectivity index (χ3n) is 5.17. The lowest BCUT2D eigenvalue weighted by Gasteiger charge is -2.40. The molecule has 0 spiro atoms. The highest BCUT2D eigenvalue weighted by Crippen LogP contribution is 2.21. The van der Waals surface area contributed by atoms with Gasteiger partial charge in [-0.1, -0.05) is 0 Å². The first-order chi connectivity index (χ1) is 11.1. The molecule has 2 aliphatic rings. The molecule has 0 radical (unpaired) electrons. The quantitative estimate of drug-likeness (QED) is 0.520. The van der Waals surface area contributed by atoms with Crippen LogP contribution in [0.4, 0.5) is 5.69 Å². The van der Waals surface area contributed by atoms with Crippen molar-refractivity contribution in [2.45, 2.75) is 38.1 Å². The number of esters is 1. The van der Waals surface area contributed by atoms with E-state index in [1.54, 1.807) is 4.90 Å². The van der Waals surface area contributed by atoms with Gasteiger partial charge in [0.2, 0.25) is 0 Å². The van der Waals surface area contributed by atoms with Crippen LogP contribution in [0.1, 0.15) is 42.5 Å². The molecule has 0 saturated carbocycles. The predicted molar refractivity (Wildman–Crippen MR) is 84.4 cm³/mol. The number of quaternary nitrogens is 1. The smallest absolute Gasteiger partial charge is 0.338 e. The van der Waals surface area contributed by atoms with Gasteiger partial charge in [0.15, 0.2) is 0 Å². The Morgan fingerprint density at radius 2 is 1.91 bits per heavy atom. The molecule has 3 rings (SSSR count). The highest BCUT2D eigenvalue weighted by molar-refractivity contribution is 5.89. The van der Waals surface area contributed by atoms with E-state index in [2.05, 4.69) is 0 Å². The number of carbonyl (C=O) groups excluding carboxylic acids is 1. The van der Waals surface area contributed by atoms with Crippen LogP contribution in [0, 0.1) is 16.0 Å². The molecular formula is C17H23N2O4+. The average molecular weight is 319 g/mol. The second-order valence-corrected chi connectivity index (χ2v) is 6.57. The number of nitrogens with one attached hydrogen (secondary N) is 1. The summed E-state index contributed by atoms with van der Waals surface area (Å²) >= 11 is 0. The number of nitrogens with zero attached hydrogens (tertiary/aromatic N) is 1. The van der Waals surface area contributed by atoms with Gasteiger partial charge in [0.05, 0.1) is 29.6 Å². The number of carbonyl (C=O) groups is 1. The number of benzene rings is 1. The average Bonchev–Trinajstić information content (AvgIpc) is 2.59. The van der Waals surface area contributed by atoms with Crippen molar-refractivity contribution in [1.82, 2.24) is 0 Å². The van der Waals surface area contributed by atoms with Crippen molar-refractivity contribution in [3.05, 3.63) is 39.9 Å². The van der Waals surface area contributed by atoms with E-state index in [1.165, 1.54) is 63.0 Å². The first-order valence-electron chi connectivity index (χ1n) is 8.41. The molecule has 2 heterocycles. The van der Waals surface area contributed by atoms with Crippen LogP contribution in [0.15, 0.2) is 24.3 Å². The van der Waals surface area contributed by atoms with Crippen LogP contribution in [0.2, 0.25) is 0 Å². The molecular weight excluding hydrogens is 296 g/mol. The zero-order valence-electron chi connectivity index (χ0n) is 13.2. The Balaban J connectivity index is 1.56. The summed E-state index contributed by atoms with van der Waals surface area (Å²) in [6.07, 6.45) is 6.14. The number of nitro groups is 1. The molecule has 0 aromatic heterocycles. The molecule has 1 aromatic rings. The Kier molecular flexibility index (Phi) is 4.91. The number of piperidine rings is 2. The molecule has 2 aliphatic heterocycles. The molecule has 0 aliphatic carbocycles. The number of nitro benzene ring substituents is 1. The van der Waals surface area contributed by atoms with Gasteiger partial charge in [-0.05, 0) is 44.2 Å². The van der Waals surface area contributed by atoms with Crippen LogP contribution in [0.25, 0.3) is 0 Å². The summed E-state index contributed by atoms with van der Waals surface area (Å²) in [6.45, 7) is 2.96. The lowest BCUT2D eigenvalue weighted by atomic mass is 9.84. The maximum Gasteiger partial charge on any atom is 0.338 e. The third kappa shape index (κ3) is 3.69. The number of rotatable bonds is 4. The maximum atomic E-state index is 12.1. The van der Waals surface area contributed by atoms with E-state index in [9.17, 15) is 14.9 Å². The number of non-ortho nitro benzene ring substituents is 1. The number of hydrogen-bond acceptors (Lipinski definition) is 4. The molecule has 2 fully saturated rings. The summed E-state index contributed by atoms with van der Waals surface area (Å²) in [4.78, 5) is 24.0. The van der Waals surface area contributed by atoms with Gasteiger partial charge in [0.1, 0.15) is 6.61 Å². The van der Waals surface area contributed by atoms with Crippen LogP contribution in [0.3, 0.4) is 0 Å². The molecule has 6 heteroatoms. The standard InChI is InChI=1S/C17H22N2O4/c20-17(13-6-8-15(9-7-13)19(21)22)23-12-14-4-3-11-18-10-2-1-5-16(14)18/h6-9,14,16H,1-5,10-12H2/p+1/t14-,16+/m0/s1. The Bertz CT molecular complexity index is 570. The van der Waals surface area contributed by atoms with E-state index in [0.717, 1.165) is 6.42 Å². The minimum absolute atomic E-state index is 0.0183. The molecule has 1 unspecified atom stereocenters. The molecule has 0 bridgehead atoms. The fourth-order valence-electron chi connectivity index (χ4n) is 3.96. The van der Waals surface area contributed by atoms with E-state index < -0.39 is 4.92 Å². The second kappa shape index (κ2) is 7.08. The molecule has 23 heavy (non-hydrogen) atoms. The summed E-state index contributed by atoms with van der Waals surface area (Å²) in [5, 5.41) is 10.6. The van der Waals surface area contributed by atoms with E-state index in [-0.39, 0.29) is 11.7 Å². The monoisotopic (exact) mass is 319 g/mol. The topological polar surface area (TPSA) is 73.9 Å². The summed E-state index contributed by atoms with van der Waals surface area (Å²) in [7, 11) is 0. The lowest BCUT2D eigenvalue weighted by Crippen LogP contribution is -3.18. The normalized spacial score (nSPS) is 27.0. The minimum Gasteiger partial charge on any atom is -0.462 e. The van der Waals surface area contributed by atoms with Crippen LogP contribution in [-0.2, 0) is 4.74 Å². The van der Waals surface area contributed by atoms with Crippen molar-refractivity contribution >= 4 is 11.7 Å². The summed E-state index contributed by atoms with van der Waals surface area (Å²) in [6, 6.07) is 6.22. The largest absolute Gasteiger partial charge is 0.462 e. The number of fused-ring (bicyclic) bond motifs is 1. The van der Waals surface area contributed by atoms with Gasteiger partial charge in [0, 0.05) is 18.1 Å². The Morgan fingerprint density at radius 3 is 2.65 bits per heavy atom. The van der Waals surface area contributed by atoms with Gasteiger partial charge in [-0.2, -0.15) is 0 Å². The van der Waals surface area contributed by atoms with Gasteiger partial charge in [-0.25, -0.2) is 4.79 Å². The van der Waals surface area contributed by atoms with Crippen molar-refractivity contribution in [2.24, 2.45) is 5.92 Å². The zero-order valence-corrected chi connectivity index (χ0v) is 13.2. The van der Waals surface area contributed by atoms with Crippen LogP contribution in [0.5, 0.6) is 0 Å². The highest BCUT2D eigenvalue weighted by Gasteiger charge is 2.37. The molecule has 2 saturated heterocycles. The first-order valence-corrected chi connectivity index (χ1v) is 8.41. The zero-order chi connectivity index (χ0) is 16.2. The van der Waals surface area contributed by atoms with E-state index in [0.29, 0.717) is 24.1 Å². The SMILES string of the molecule is O=C(OC[C@@H]1CCC[NH+]2CCCC[C@H]12)c1ccc([N+](=O)[O-])cc1. The second-order valence-electron chi connectivity index (χ2n) is 6.57. The number of ether oxygens (including phenoxy) is 1. The summed E-state index contributed by atoms with van der Waals surface area (Å²) < 4.78 is 5.49. The Hall–Kier alpha value is -1.95. The van der Waals surface area contributed by atoms with Crippen molar-refractivity contribution in [2.75, 3.05) is 19.7 Å².